The first-order valence-electron chi connectivity index (χ1n) is 16.7. The van der Waals surface area contributed by atoms with Crippen LogP contribution in [0.4, 0.5) is 10.1 Å². The number of nitrogens with zero attached hydrogens (tertiary/aromatic N) is 1. The number of methoxy groups -OCH3 is 2. The Balaban J connectivity index is 1.62. The zero-order chi connectivity index (χ0) is 37.5. The second kappa shape index (κ2) is 14.8. The second-order valence-electron chi connectivity index (χ2n) is 14.7. The van der Waals surface area contributed by atoms with Gasteiger partial charge in [0.25, 0.3) is 0 Å². The first kappa shape index (κ1) is 38.6. The Morgan fingerprint density at radius 3 is 2.33 bits per heavy atom. The number of ether oxygens (including phenoxy) is 2. The van der Waals surface area contributed by atoms with E-state index in [4.69, 9.17) is 32.7 Å². The highest BCUT2D eigenvalue weighted by Gasteiger charge is 2.55. The fourth-order valence-corrected chi connectivity index (χ4v) is 8.65. The Bertz CT molecular complexity index is 1950. The van der Waals surface area contributed by atoms with E-state index in [1.807, 2.05) is 6.07 Å². The van der Waals surface area contributed by atoms with E-state index in [2.05, 4.69) is 5.32 Å². The highest BCUT2D eigenvalue weighted by atomic mass is 35.5. The molecule has 0 unspecified atom stereocenters. The molecular formula is C38H43Cl2FN2O7S. The molecule has 1 aliphatic heterocycles. The summed E-state index contributed by atoms with van der Waals surface area (Å²) in [6, 6.07) is 14.5. The molecular weight excluding hydrogens is 718 g/mol. The van der Waals surface area contributed by atoms with Crippen molar-refractivity contribution in [2.75, 3.05) is 25.3 Å². The molecule has 0 bridgehead atoms. The minimum absolute atomic E-state index is 0.0847. The molecule has 0 radical (unpaired) electrons. The van der Waals surface area contributed by atoms with Gasteiger partial charge in [-0.1, -0.05) is 48.3 Å². The van der Waals surface area contributed by atoms with Crippen LogP contribution in [-0.2, 0) is 24.2 Å². The number of amides is 2. The molecule has 2 fully saturated rings. The number of carbonyl (C=O) groups is 3. The molecule has 274 valence electrons. The van der Waals surface area contributed by atoms with Gasteiger partial charge in [-0.15, -0.1) is 0 Å². The van der Waals surface area contributed by atoms with Crippen molar-refractivity contribution in [3.63, 3.8) is 0 Å². The summed E-state index contributed by atoms with van der Waals surface area (Å²) in [6.07, 6.45) is 1.35. The molecule has 1 N–H and O–H groups in total. The maximum absolute atomic E-state index is 15.2. The third kappa shape index (κ3) is 8.21. The zero-order valence-corrected chi connectivity index (χ0v) is 31.8. The van der Waals surface area contributed by atoms with Crippen LogP contribution in [0.15, 0.2) is 60.7 Å². The molecule has 9 nitrogen and oxygen atoms in total. The fraction of sp³-hybridized carbons (Fsp3) is 0.447. The molecule has 2 aliphatic rings. The Labute approximate surface area is 308 Å². The van der Waals surface area contributed by atoms with Gasteiger partial charge >= 0.3 is 5.97 Å². The number of benzene rings is 3. The quantitative estimate of drug-likeness (QED) is 0.197. The molecule has 1 saturated carbocycles. The number of nitrogens with one attached hydrogen (secondary N) is 1. The van der Waals surface area contributed by atoms with Crippen molar-refractivity contribution in [1.29, 1.82) is 0 Å². The van der Waals surface area contributed by atoms with Crippen molar-refractivity contribution in [3.8, 4) is 5.75 Å². The molecule has 2 amide bonds. The number of hydrogen-bond donors (Lipinski definition) is 1. The Hall–Kier alpha value is -3.67. The molecule has 1 saturated heterocycles. The molecule has 3 aromatic rings. The monoisotopic (exact) mass is 760 g/mol. The Kier molecular flexibility index (Phi) is 11.2. The van der Waals surface area contributed by atoms with Gasteiger partial charge in [0.2, 0.25) is 11.8 Å². The van der Waals surface area contributed by atoms with Gasteiger partial charge in [0.15, 0.2) is 9.84 Å². The third-order valence-corrected chi connectivity index (χ3v) is 13.1. The average Bonchev–Trinajstić information content (AvgIpc) is 3.91. The van der Waals surface area contributed by atoms with Crippen LogP contribution in [0.25, 0.3) is 0 Å². The summed E-state index contributed by atoms with van der Waals surface area (Å²) in [5.74, 6) is -2.89. The molecule has 1 heterocycles. The third-order valence-electron chi connectivity index (χ3n) is 9.95. The predicted molar refractivity (Wildman–Crippen MR) is 196 cm³/mol. The topological polar surface area (TPSA) is 119 Å². The Morgan fingerprint density at radius 2 is 1.75 bits per heavy atom. The van der Waals surface area contributed by atoms with Crippen molar-refractivity contribution in [1.82, 2.24) is 4.90 Å². The van der Waals surface area contributed by atoms with Gasteiger partial charge in [-0.2, -0.15) is 0 Å². The first-order chi connectivity index (χ1) is 23.9. The van der Waals surface area contributed by atoms with Crippen LogP contribution in [0.2, 0.25) is 10.0 Å². The van der Waals surface area contributed by atoms with Crippen molar-refractivity contribution in [2.45, 2.75) is 76.1 Å². The summed E-state index contributed by atoms with van der Waals surface area (Å²) in [4.78, 5) is 42.7. The normalized spacial score (nSPS) is 21.6. The van der Waals surface area contributed by atoms with Crippen LogP contribution in [0.3, 0.4) is 0 Å². The number of likely N-dealkylation sites (tertiary alicyclic amines) is 1. The summed E-state index contributed by atoms with van der Waals surface area (Å²) in [5, 5.41) is 3.20. The van der Waals surface area contributed by atoms with Crippen molar-refractivity contribution < 1.29 is 36.7 Å². The maximum atomic E-state index is 15.2. The summed E-state index contributed by atoms with van der Waals surface area (Å²) in [6.45, 7) is 6.60. The van der Waals surface area contributed by atoms with E-state index < -0.39 is 61.6 Å². The summed E-state index contributed by atoms with van der Waals surface area (Å²) >= 11 is 12.6. The number of hydrogen-bond acceptors (Lipinski definition) is 7. The van der Waals surface area contributed by atoms with Gasteiger partial charge in [0.05, 0.1) is 41.2 Å². The van der Waals surface area contributed by atoms with E-state index >= 15 is 9.18 Å². The van der Waals surface area contributed by atoms with E-state index in [0.29, 0.717) is 16.3 Å². The van der Waals surface area contributed by atoms with E-state index in [1.165, 1.54) is 44.6 Å². The minimum Gasteiger partial charge on any atom is -0.496 e. The molecule has 13 heteroatoms. The number of carbonyl (C=O) groups excluding carboxylic acids is 3. The summed E-state index contributed by atoms with van der Waals surface area (Å²) in [7, 11) is -1.10. The smallest absolute Gasteiger partial charge is 0.341 e. The first-order valence-corrected chi connectivity index (χ1v) is 19.1. The van der Waals surface area contributed by atoms with E-state index in [-0.39, 0.29) is 40.8 Å². The van der Waals surface area contributed by atoms with Crippen LogP contribution >= 0.6 is 23.2 Å². The number of halogens is 3. The van der Waals surface area contributed by atoms with Crippen molar-refractivity contribution in [2.24, 2.45) is 11.3 Å². The highest BCUT2D eigenvalue weighted by Crippen LogP contribution is 2.54. The summed E-state index contributed by atoms with van der Waals surface area (Å²) in [5.41, 5.74) is 0.393. The SMILES string of the molecule is COC(=O)c1ccc(NC(=O)C[C@]2(C)C[C@H](c3cccc(Cl)c3)[C@@H](c3ccc(Cl)c(F)c3)N([C@H](CS(=O)(=O)C(C)(C)C)C3CC3)C2=O)cc1OC. The number of sulfone groups is 1. The predicted octanol–water partition coefficient (Wildman–Crippen LogP) is 8.01. The second-order valence-corrected chi connectivity index (χ2v) is 18.3. The molecule has 5 rings (SSSR count). The summed E-state index contributed by atoms with van der Waals surface area (Å²) < 4.78 is 51.9. The molecule has 51 heavy (non-hydrogen) atoms. The standard InChI is InChI=1S/C38H43Cl2FN2O7S/c1-37(2,3)51(47,48)21-31(22-10-11-22)43-34(24-12-15-29(40)30(41)17-24)28(23-8-7-9-25(39)16-23)19-38(4,36(43)46)20-33(44)42-26-13-14-27(35(45)50-6)32(18-26)49-5/h7-9,12-18,22,28,31,34H,10-11,19-21H2,1-6H3,(H,42,44)/t28-,31-,34-,38+/m1/s1. The van der Waals surface area contributed by atoms with Crippen molar-refractivity contribution in [3.05, 3.63) is 93.2 Å². The number of piperidine rings is 1. The van der Waals surface area contributed by atoms with Crippen LogP contribution in [0, 0.1) is 17.2 Å². The minimum atomic E-state index is -3.74. The Morgan fingerprint density at radius 1 is 1.04 bits per heavy atom. The van der Waals surface area contributed by atoms with Crippen LogP contribution in [0.5, 0.6) is 5.75 Å². The van der Waals surface area contributed by atoms with E-state index in [0.717, 1.165) is 18.4 Å². The van der Waals surface area contributed by atoms with Gasteiger partial charge in [-0.3, -0.25) is 9.59 Å². The lowest BCUT2D eigenvalue weighted by atomic mass is 9.66. The average molecular weight is 762 g/mol. The molecule has 1 aliphatic carbocycles. The van der Waals surface area contributed by atoms with Gasteiger partial charge < -0.3 is 19.7 Å². The van der Waals surface area contributed by atoms with E-state index in [1.54, 1.807) is 56.9 Å². The van der Waals surface area contributed by atoms with E-state index in [9.17, 15) is 18.0 Å². The number of esters is 1. The van der Waals surface area contributed by atoms with Crippen LogP contribution < -0.4 is 10.1 Å². The largest absolute Gasteiger partial charge is 0.496 e. The molecule has 0 aromatic heterocycles. The molecule has 0 spiro atoms. The zero-order valence-electron chi connectivity index (χ0n) is 29.5. The lowest BCUT2D eigenvalue weighted by Crippen LogP contribution is -2.59. The van der Waals surface area contributed by atoms with Crippen LogP contribution in [-0.4, -0.2) is 61.9 Å². The lowest BCUT2D eigenvalue weighted by Gasteiger charge is -2.52. The van der Waals surface area contributed by atoms with Gasteiger partial charge in [-0.25, -0.2) is 17.6 Å². The van der Waals surface area contributed by atoms with Gasteiger partial charge in [-0.05, 0) is 93.5 Å². The highest BCUT2D eigenvalue weighted by molar-refractivity contribution is 7.92. The van der Waals surface area contributed by atoms with Gasteiger partial charge in [0.1, 0.15) is 17.1 Å². The lowest BCUT2D eigenvalue weighted by molar-refractivity contribution is -0.156. The fourth-order valence-electron chi connectivity index (χ4n) is 6.95. The van der Waals surface area contributed by atoms with Gasteiger partial charge in [0, 0.05) is 35.2 Å². The maximum Gasteiger partial charge on any atom is 0.341 e. The molecule has 4 atom stereocenters. The number of anilines is 1. The van der Waals surface area contributed by atoms with Crippen molar-refractivity contribution >= 4 is 56.5 Å². The molecule has 3 aromatic carbocycles. The number of rotatable bonds is 11. The van der Waals surface area contributed by atoms with Crippen LogP contribution in [0.1, 0.15) is 86.8 Å².